The number of carboxylic acid groups (broad SMARTS) is 1. The van der Waals surface area contributed by atoms with Crippen LogP contribution in [0.25, 0.3) is 10.9 Å². The molecule has 0 amide bonds. The number of ether oxygens (including phenoxy) is 1. The van der Waals surface area contributed by atoms with Gasteiger partial charge in [0.1, 0.15) is 17.7 Å². The van der Waals surface area contributed by atoms with Gasteiger partial charge in [-0.15, -0.1) is 5.92 Å². The Kier molecular flexibility index (Phi) is 6.75. The molecule has 0 saturated heterocycles. The molecule has 0 fully saturated rings. The minimum atomic E-state index is -0.902. The molecule has 4 rings (SSSR count). The van der Waals surface area contributed by atoms with Gasteiger partial charge in [0.05, 0.1) is 12.3 Å². The molecule has 2 unspecified atom stereocenters. The number of halogens is 1. The van der Waals surface area contributed by atoms with E-state index in [-0.39, 0.29) is 12.2 Å². The highest BCUT2D eigenvalue weighted by atomic mass is 19.1. The fourth-order valence-corrected chi connectivity index (χ4v) is 3.92. The molecule has 2 atom stereocenters. The Balaban J connectivity index is 1.64. The maximum Gasteiger partial charge on any atom is 0.304 e. The zero-order valence-corrected chi connectivity index (χ0v) is 18.2. The van der Waals surface area contributed by atoms with Gasteiger partial charge in [-0.2, -0.15) is 0 Å². The highest BCUT2D eigenvalue weighted by molar-refractivity contribution is 5.80. The molecule has 4 aromatic rings. The van der Waals surface area contributed by atoms with E-state index in [9.17, 15) is 4.79 Å². The van der Waals surface area contributed by atoms with E-state index in [1.165, 1.54) is 6.07 Å². The molecule has 2 N–H and O–H groups in total. The van der Waals surface area contributed by atoms with Crippen molar-refractivity contribution in [2.75, 3.05) is 0 Å². The summed E-state index contributed by atoms with van der Waals surface area (Å²) in [5, 5.41) is 9.97. The molecular weight excluding hydrogens is 417 g/mol. The average Bonchev–Trinajstić information content (AvgIpc) is 3.26. The molecule has 1 aromatic heterocycles. The van der Waals surface area contributed by atoms with Gasteiger partial charge >= 0.3 is 5.97 Å². The van der Waals surface area contributed by atoms with Gasteiger partial charge in [-0.3, -0.25) is 4.79 Å². The summed E-state index contributed by atoms with van der Waals surface area (Å²) in [6, 6.07) is 22.2. The number of nitrogens with one attached hydrogen (secondary N) is 1. The van der Waals surface area contributed by atoms with Crippen LogP contribution < -0.4 is 4.74 Å². The lowest BCUT2D eigenvalue weighted by molar-refractivity contribution is -0.137. The summed E-state index contributed by atoms with van der Waals surface area (Å²) in [5.74, 6) is 4.70. The van der Waals surface area contributed by atoms with Crippen LogP contribution in [0.1, 0.15) is 42.1 Å². The van der Waals surface area contributed by atoms with E-state index in [1.807, 2.05) is 48.5 Å². The molecule has 0 aliphatic carbocycles. The number of hydrogen-bond donors (Lipinski definition) is 2. The predicted octanol–water partition coefficient (Wildman–Crippen LogP) is 6.25. The summed E-state index contributed by atoms with van der Waals surface area (Å²) in [5.41, 5.74) is 3.15. The molecule has 3 aromatic carbocycles. The molecule has 0 bridgehead atoms. The number of carbonyl (C=O) groups is 1. The van der Waals surface area contributed by atoms with E-state index in [2.05, 4.69) is 16.8 Å². The first kappa shape index (κ1) is 22.2. The largest absolute Gasteiger partial charge is 0.485 e. The van der Waals surface area contributed by atoms with E-state index in [0.29, 0.717) is 17.7 Å². The van der Waals surface area contributed by atoms with Crippen molar-refractivity contribution < 1.29 is 19.0 Å². The van der Waals surface area contributed by atoms with Crippen molar-refractivity contribution in [2.45, 2.75) is 31.8 Å². The third-order valence-electron chi connectivity index (χ3n) is 5.54. The summed E-state index contributed by atoms with van der Waals surface area (Å²) in [6.07, 6.45) is 1.66. The lowest BCUT2D eigenvalue weighted by Gasteiger charge is -2.21. The van der Waals surface area contributed by atoms with E-state index < -0.39 is 18.0 Å². The molecule has 0 spiro atoms. The topological polar surface area (TPSA) is 62.3 Å². The number of aromatic nitrogens is 1. The SMILES string of the molecule is CC#CC(CC(=O)O)c1ccc(OC(Cc2ccccc2)c2cc3[nH]ccc3cc2F)cc1. The van der Waals surface area contributed by atoms with Crippen molar-refractivity contribution >= 4 is 16.9 Å². The zero-order chi connectivity index (χ0) is 23.2. The summed E-state index contributed by atoms with van der Waals surface area (Å²) in [4.78, 5) is 14.3. The van der Waals surface area contributed by atoms with Gasteiger partial charge < -0.3 is 14.8 Å². The van der Waals surface area contributed by atoms with Crippen LogP contribution in [0, 0.1) is 17.7 Å². The third kappa shape index (κ3) is 5.42. The first-order chi connectivity index (χ1) is 16.0. The van der Waals surface area contributed by atoms with Crippen LogP contribution in [-0.4, -0.2) is 16.1 Å². The second-order valence-corrected chi connectivity index (χ2v) is 7.85. The first-order valence-electron chi connectivity index (χ1n) is 10.7. The Labute approximate surface area is 192 Å². The maximum absolute atomic E-state index is 15.1. The highest BCUT2D eigenvalue weighted by Crippen LogP contribution is 2.31. The zero-order valence-electron chi connectivity index (χ0n) is 18.2. The average molecular weight is 442 g/mol. The Morgan fingerprint density at radius 2 is 1.85 bits per heavy atom. The van der Waals surface area contributed by atoms with Gasteiger partial charge in [-0.25, -0.2) is 4.39 Å². The van der Waals surface area contributed by atoms with Gasteiger partial charge in [0.2, 0.25) is 0 Å². The molecule has 5 heteroatoms. The number of aromatic amines is 1. The fourth-order valence-electron chi connectivity index (χ4n) is 3.92. The minimum Gasteiger partial charge on any atom is -0.485 e. The highest BCUT2D eigenvalue weighted by Gasteiger charge is 2.20. The quantitative estimate of drug-likeness (QED) is 0.318. The number of fused-ring (bicyclic) bond motifs is 1. The lowest BCUT2D eigenvalue weighted by atomic mass is 9.96. The second kappa shape index (κ2) is 10.1. The lowest BCUT2D eigenvalue weighted by Crippen LogP contribution is -2.13. The smallest absolute Gasteiger partial charge is 0.304 e. The van der Waals surface area contributed by atoms with E-state index in [4.69, 9.17) is 9.84 Å². The number of aliphatic carboxylic acids is 1. The van der Waals surface area contributed by atoms with Crippen molar-refractivity contribution in [3.8, 4) is 17.6 Å². The Bertz CT molecular complexity index is 1300. The van der Waals surface area contributed by atoms with Gasteiger partial charge in [-0.1, -0.05) is 48.4 Å². The van der Waals surface area contributed by atoms with Gasteiger partial charge in [0, 0.05) is 29.1 Å². The molecule has 1 heterocycles. The Morgan fingerprint density at radius 1 is 1.09 bits per heavy atom. The van der Waals surface area contributed by atoms with Gasteiger partial charge in [-0.05, 0) is 48.4 Å². The van der Waals surface area contributed by atoms with E-state index >= 15 is 4.39 Å². The van der Waals surface area contributed by atoms with Crippen molar-refractivity contribution in [3.63, 3.8) is 0 Å². The normalized spacial score (nSPS) is 12.5. The van der Waals surface area contributed by atoms with Crippen LogP contribution in [0.2, 0.25) is 0 Å². The third-order valence-corrected chi connectivity index (χ3v) is 5.54. The van der Waals surface area contributed by atoms with Gasteiger partial charge in [0.15, 0.2) is 0 Å². The van der Waals surface area contributed by atoms with Crippen LogP contribution in [0.15, 0.2) is 79.0 Å². The number of benzene rings is 3. The van der Waals surface area contributed by atoms with Crippen molar-refractivity contribution in [1.82, 2.24) is 4.98 Å². The minimum absolute atomic E-state index is 0.0704. The molecule has 4 nitrogen and oxygen atoms in total. The Morgan fingerprint density at radius 3 is 2.55 bits per heavy atom. The summed E-state index contributed by atoms with van der Waals surface area (Å²) >= 11 is 0. The first-order valence-corrected chi connectivity index (χ1v) is 10.7. The second-order valence-electron chi connectivity index (χ2n) is 7.85. The summed E-state index contributed by atoms with van der Waals surface area (Å²) in [6.45, 7) is 1.69. The number of carboxylic acids is 1. The van der Waals surface area contributed by atoms with E-state index in [1.54, 1.807) is 31.3 Å². The molecule has 0 aliphatic heterocycles. The number of hydrogen-bond acceptors (Lipinski definition) is 2. The Hall–Kier alpha value is -4.04. The van der Waals surface area contributed by atoms with Crippen LogP contribution in [0.5, 0.6) is 5.75 Å². The molecule has 0 aliphatic rings. The van der Waals surface area contributed by atoms with Crippen LogP contribution >= 0.6 is 0 Å². The standard InChI is InChI=1S/C28H24FNO3/c1-2-6-21(17-28(31)32)20-9-11-23(12-10-20)33-27(15-19-7-4-3-5-8-19)24-18-26-22(13-14-30-26)16-25(24)29/h3-5,7-14,16,18,21,27,30H,15,17H2,1H3,(H,31,32). The van der Waals surface area contributed by atoms with Crippen LogP contribution in [-0.2, 0) is 11.2 Å². The molecular formula is C28H24FNO3. The van der Waals surface area contributed by atoms with Crippen molar-refractivity contribution in [2.24, 2.45) is 0 Å². The van der Waals surface area contributed by atoms with Crippen molar-refractivity contribution in [3.05, 3.63) is 102 Å². The van der Waals surface area contributed by atoms with Crippen molar-refractivity contribution in [1.29, 1.82) is 0 Å². The molecule has 0 radical (unpaired) electrons. The predicted molar refractivity (Wildman–Crippen MR) is 127 cm³/mol. The number of H-pyrrole nitrogens is 1. The van der Waals surface area contributed by atoms with Gasteiger partial charge in [0.25, 0.3) is 0 Å². The monoisotopic (exact) mass is 441 g/mol. The van der Waals surface area contributed by atoms with Crippen LogP contribution in [0.4, 0.5) is 4.39 Å². The number of rotatable bonds is 8. The maximum atomic E-state index is 15.1. The fraction of sp³-hybridized carbons (Fsp3) is 0.179. The van der Waals surface area contributed by atoms with E-state index in [0.717, 1.165) is 22.0 Å². The van der Waals surface area contributed by atoms with Crippen LogP contribution in [0.3, 0.4) is 0 Å². The molecule has 33 heavy (non-hydrogen) atoms. The summed E-state index contributed by atoms with van der Waals surface area (Å²) < 4.78 is 21.3. The summed E-state index contributed by atoms with van der Waals surface area (Å²) in [7, 11) is 0. The molecule has 0 saturated carbocycles. The molecule has 166 valence electrons.